The lowest BCUT2D eigenvalue weighted by Gasteiger charge is -2.08. The van der Waals surface area contributed by atoms with Crippen molar-refractivity contribution in [3.63, 3.8) is 0 Å². The molecule has 0 aliphatic heterocycles. The van der Waals surface area contributed by atoms with Crippen LogP contribution in [0.1, 0.15) is 0 Å². The summed E-state index contributed by atoms with van der Waals surface area (Å²) in [6, 6.07) is -1.26. The lowest BCUT2D eigenvalue weighted by Crippen LogP contribution is -2.40. The Hall–Kier alpha value is -0.870. The van der Waals surface area contributed by atoms with Gasteiger partial charge in [0.1, 0.15) is 6.04 Å². The fourth-order valence-corrected chi connectivity index (χ4v) is 0.293. The van der Waals surface area contributed by atoms with Crippen LogP contribution in [0.15, 0.2) is 12.7 Å². The quantitative estimate of drug-likeness (QED) is 0.426. The third-order valence-electron chi connectivity index (χ3n) is 0.895. The molecule has 0 heterocycles. The molecular formula is C5H9NO3. The Kier molecular flexibility index (Phi) is 2.90. The van der Waals surface area contributed by atoms with Gasteiger partial charge in [-0.15, -0.1) is 6.58 Å². The molecule has 9 heavy (non-hydrogen) atoms. The Bertz CT molecular complexity index is 123. The van der Waals surface area contributed by atoms with Gasteiger partial charge >= 0.3 is 5.97 Å². The highest BCUT2D eigenvalue weighted by Gasteiger charge is 2.17. The molecule has 0 aromatic carbocycles. The minimum atomic E-state index is -1.26. The lowest BCUT2D eigenvalue weighted by atomic mass is 10.2. The summed E-state index contributed by atoms with van der Waals surface area (Å²) in [5, 5.41) is 16.8. The van der Waals surface area contributed by atoms with E-state index in [1.54, 1.807) is 0 Å². The lowest BCUT2D eigenvalue weighted by molar-refractivity contribution is -0.140. The molecule has 0 saturated carbocycles. The molecule has 52 valence electrons. The number of aliphatic hydroxyl groups excluding tert-OH is 1. The molecule has 4 N–H and O–H groups in total. The zero-order valence-corrected chi connectivity index (χ0v) is 4.82. The normalized spacial score (nSPS) is 16.2. The Morgan fingerprint density at radius 2 is 2.22 bits per heavy atom. The third kappa shape index (κ3) is 2.25. The van der Waals surface area contributed by atoms with E-state index in [2.05, 4.69) is 6.58 Å². The van der Waals surface area contributed by atoms with Crippen molar-refractivity contribution in [1.82, 2.24) is 0 Å². The SMILES string of the molecule is C=CC(O)C(N)C(=O)O. The van der Waals surface area contributed by atoms with Gasteiger partial charge in [-0.1, -0.05) is 6.08 Å². The van der Waals surface area contributed by atoms with E-state index in [1.165, 1.54) is 0 Å². The van der Waals surface area contributed by atoms with Gasteiger partial charge in [0.2, 0.25) is 0 Å². The molecule has 4 heteroatoms. The minimum Gasteiger partial charge on any atom is -0.480 e. The maximum Gasteiger partial charge on any atom is 0.323 e. The second-order valence-corrected chi connectivity index (χ2v) is 1.59. The van der Waals surface area contributed by atoms with Crippen LogP contribution < -0.4 is 5.73 Å². The van der Waals surface area contributed by atoms with Crippen LogP contribution in [0.3, 0.4) is 0 Å². The van der Waals surface area contributed by atoms with Crippen LogP contribution in [0.5, 0.6) is 0 Å². The molecule has 0 bridgehead atoms. The van der Waals surface area contributed by atoms with Gasteiger partial charge in [0.05, 0.1) is 6.10 Å². The second kappa shape index (κ2) is 3.21. The first-order chi connectivity index (χ1) is 4.09. The summed E-state index contributed by atoms with van der Waals surface area (Å²) in [6.45, 7) is 3.17. The number of aliphatic hydroxyl groups is 1. The Balaban J connectivity index is 3.86. The number of carbonyl (C=O) groups is 1. The summed E-state index contributed by atoms with van der Waals surface area (Å²) in [6.07, 6.45) is -0.0822. The molecule has 0 fully saturated rings. The molecule has 0 rings (SSSR count). The fourth-order valence-electron chi connectivity index (χ4n) is 0.293. The molecular weight excluding hydrogens is 122 g/mol. The van der Waals surface area contributed by atoms with Crippen molar-refractivity contribution >= 4 is 5.97 Å². The van der Waals surface area contributed by atoms with Gasteiger partial charge in [-0.2, -0.15) is 0 Å². The van der Waals surface area contributed by atoms with Crippen molar-refractivity contribution in [2.75, 3.05) is 0 Å². The maximum atomic E-state index is 9.97. The molecule has 0 aliphatic carbocycles. The van der Waals surface area contributed by atoms with Gasteiger partial charge in [0.25, 0.3) is 0 Å². The van der Waals surface area contributed by atoms with E-state index in [0.29, 0.717) is 0 Å². The van der Waals surface area contributed by atoms with Gasteiger partial charge in [-0.05, 0) is 0 Å². The maximum absolute atomic E-state index is 9.97. The zero-order chi connectivity index (χ0) is 7.44. The van der Waals surface area contributed by atoms with Crippen LogP contribution in [-0.4, -0.2) is 28.3 Å². The van der Waals surface area contributed by atoms with Gasteiger partial charge in [0, 0.05) is 0 Å². The summed E-state index contributed by atoms with van der Waals surface area (Å²) in [7, 11) is 0. The average molecular weight is 131 g/mol. The molecule has 0 spiro atoms. The summed E-state index contributed by atoms with van der Waals surface area (Å²) in [4.78, 5) is 9.97. The summed E-state index contributed by atoms with van der Waals surface area (Å²) in [5.74, 6) is -1.23. The van der Waals surface area contributed by atoms with E-state index in [9.17, 15) is 4.79 Å². The summed E-state index contributed by atoms with van der Waals surface area (Å²) < 4.78 is 0. The van der Waals surface area contributed by atoms with Gasteiger partial charge in [-0.25, -0.2) is 0 Å². The Labute approximate surface area is 52.6 Å². The minimum absolute atomic E-state index is 1.08. The standard InChI is InChI=1S/C5H9NO3/c1-2-3(7)4(6)5(8)9/h2-4,7H,1,6H2,(H,8,9). The Morgan fingerprint density at radius 1 is 1.78 bits per heavy atom. The molecule has 0 radical (unpaired) electrons. The summed E-state index contributed by atoms with van der Waals surface area (Å²) >= 11 is 0. The largest absolute Gasteiger partial charge is 0.480 e. The van der Waals surface area contributed by atoms with Gasteiger partial charge in [-0.3, -0.25) is 4.79 Å². The molecule has 2 unspecified atom stereocenters. The third-order valence-corrected chi connectivity index (χ3v) is 0.895. The average Bonchev–Trinajstić information content (AvgIpc) is 1.84. The van der Waals surface area contributed by atoms with E-state index < -0.39 is 18.1 Å². The van der Waals surface area contributed by atoms with E-state index in [-0.39, 0.29) is 0 Å². The van der Waals surface area contributed by atoms with E-state index >= 15 is 0 Å². The monoisotopic (exact) mass is 131 g/mol. The van der Waals surface area contributed by atoms with Crippen LogP contribution in [0.25, 0.3) is 0 Å². The molecule has 4 nitrogen and oxygen atoms in total. The predicted molar refractivity (Wildman–Crippen MR) is 31.8 cm³/mol. The number of hydrogen-bond donors (Lipinski definition) is 3. The Morgan fingerprint density at radius 3 is 2.33 bits per heavy atom. The molecule has 0 aliphatic rings. The highest BCUT2D eigenvalue weighted by atomic mass is 16.4. The fraction of sp³-hybridized carbons (Fsp3) is 0.400. The van der Waals surface area contributed by atoms with Crippen LogP contribution >= 0.6 is 0 Å². The van der Waals surface area contributed by atoms with Crippen molar-refractivity contribution in [2.45, 2.75) is 12.1 Å². The van der Waals surface area contributed by atoms with E-state index in [4.69, 9.17) is 15.9 Å². The molecule has 0 saturated heterocycles. The van der Waals surface area contributed by atoms with Crippen molar-refractivity contribution in [3.05, 3.63) is 12.7 Å². The van der Waals surface area contributed by atoms with Crippen LogP contribution in [0, 0.1) is 0 Å². The molecule has 0 amide bonds. The molecule has 2 atom stereocenters. The van der Waals surface area contributed by atoms with E-state index in [1.807, 2.05) is 0 Å². The predicted octanol–water partition coefficient (Wildman–Crippen LogP) is -1.05. The van der Waals surface area contributed by atoms with Crippen molar-refractivity contribution < 1.29 is 15.0 Å². The highest BCUT2D eigenvalue weighted by molar-refractivity contribution is 5.74. The summed E-state index contributed by atoms with van der Waals surface area (Å²) in [5.41, 5.74) is 4.95. The molecule has 0 aromatic rings. The van der Waals surface area contributed by atoms with Crippen LogP contribution in [0.2, 0.25) is 0 Å². The smallest absolute Gasteiger partial charge is 0.323 e. The van der Waals surface area contributed by atoms with E-state index in [0.717, 1.165) is 6.08 Å². The highest BCUT2D eigenvalue weighted by Crippen LogP contribution is 1.89. The molecule has 0 aromatic heterocycles. The van der Waals surface area contributed by atoms with Gasteiger partial charge in [0.15, 0.2) is 0 Å². The first-order valence-electron chi connectivity index (χ1n) is 2.38. The first-order valence-corrected chi connectivity index (χ1v) is 2.38. The zero-order valence-electron chi connectivity index (χ0n) is 4.82. The van der Waals surface area contributed by atoms with Gasteiger partial charge < -0.3 is 15.9 Å². The number of aliphatic carboxylic acids is 1. The first kappa shape index (κ1) is 8.13. The van der Waals surface area contributed by atoms with Crippen LogP contribution in [-0.2, 0) is 4.79 Å². The number of hydrogen-bond acceptors (Lipinski definition) is 3. The number of carboxylic acids is 1. The topological polar surface area (TPSA) is 83.5 Å². The number of rotatable bonds is 3. The van der Waals surface area contributed by atoms with Crippen LogP contribution in [0.4, 0.5) is 0 Å². The number of nitrogens with two attached hydrogens (primary N) is 1. The van der Waals surface area contributed by atoms with Crippen molar-refractivity contribution in [1.29, 1.82) is 0 Å². The second-order valence-electron chi connectivity index (χ2n) is 1.59. The number of carboxylic acid groups (broad SMARTS) is 1. The van der Waals surface area contributed by atoms with Crippen molar-refractivity contribution in [3.8, 4) is 0 Å². The van der Waals surface area contributed by atoms with Crippen molar-refractivity contribution in [2.24, 2.45) is 5.73 Å².